The molecule has 0 spiro atoms. The van der Waals surface area contributed by atoms with Gasteiger partial charge in [0.2, 0.25) is 0 Å². The van der Waals surface area contributed by atoms with Gasteiger partial charge < -0.3 is 14.5 Å². The number of methoxy groups -OCH3 is 1. The molecule has 1 heterocycles. The molecule has 0 bridgehead atoms. The van der Waals surface area contributed by atoms with Crippen molar-refractivity contribution in [1.82, 2.24) is 14.9 Å². The predicted octanol–water partition coefficient (Wildman–Crippen LogP) is 4.85. The van der Waals surface area contributed by atoms with Gasteiger partial charge in [0.15, 0.2) is 0 Å². The molecule has 0 aliphatic carbocycles. The average Bonchev–Trinajstić information content (AvgIpc) is 3.24. The predicted molar refractivity (Wildman–Crippen MR) is 114 cm³/mol. The number of esters is 1. The Kier molecular flexibility index (Phi) is 6.10. The van der Waals surface area contributed by atoms with Crippen LogP contribution in [0, 0.1) is 0 Å². The van der Waals surface area contributed by atoms with Gasteiger partial charge in [-0.15, -0.1) is 0 Å². The van der Waals surface area contributed by atoms with Crippen molar-refractivity contribution < 1.29 is 19.1 Å². The zero-order chi connectivity index (χ0) is 21.9. The normalized spacial score (nSPS) is 12.4. The molecule has 2 aromatic carbocycles. The van der Waals surface area contributed by atoms with Crippen molar-refractivity contribution in [2.75, 3.05) is 7.11 Å². The average molecular weight is 409 g/mol. The Bertz CT molecular complexity index is 1040. The summed E-state index contributed by atoms with van der Waals surface area (Å²) in [6.45, 7) is 7.69. The topological polar surface area (TPSA) is 84.5 Å². The van der Waals surface area contributed by atoms with Crippen LogP contribution in [0.5, 0.6) is 0 Å². The highest BCUT2D eigenvalue weighted by atomic mass is 16.6. The third kappa shape index (κ3) is 4.62. The van der Waals surface area contributed by atoms with Crippen molar-refractivity contribution in [2.24, 2.45) is 0 Å². The van der Waals surface area contributed by atoms with Crippen molar-refractivity contribution in [3.8, 4) is 0 Å². The Morgan fingerprint density at radius 2 is 1.83 bits per heavy atom. The largest absolute Gasteiger partial charge is 0.465 e. The molecule has 158 valence electrons. The number of aromatic amines is 1. The third-order valence-corrected chi connectivity index (χ3v) is 4.77. The summed E-state index contributed by atoms with van der Waals surface area (Å²) in [5.41, 5.74) is 0.747. The van der Waals surface area contributed by atoms with E-state index in [9.17, 15) is 9.59 Å². The molecule has 0 aliphatic heterocycles. The molecule has 1 atom stereocenters. The fourth-order valence-corrected chi connectivity index (χ4v) is 3.30. The molecule has 0 fully saturated rings. The fourth-order valence-electron chi connectivity index (χ4n) is 3.30. The number of carbonyl (C=O) groups is 2. The Hall–Kier alpha value is -3.35. The summed E-state index contributed by atoms with van der Waals surface area (Å²) >= 11 is 0. The summed E-state index contributed by atoms with van der Waals surface area (Å²) in [6.07, 6.45) is 2.94. The zero-order valence-corrected chi connectivity index (χ0v) is 17.9. The Morgan fingerprint density at radius 1 is 1.13 bits per heavy atom. The van der Waals surface area contributed by atoms with E-state index < -0.39 is 17.7 Å². The smallest absolute Gasteiger partial charge is 0.411 e. The summed E-state index contributed by atoms with van der Waals surface area (Å²) < 4.78 is 10.6. The fraction of sp³-hybridized carbons (Fsp3) is 0.348. The number of H-pyrrole nitrogens is 1. The molecular weight excluding hydrogens is 382 g/mol. The minimum atomic E-state index is -0.630. The van der Waals surface area contributed by atoms with Crippen molar-refractivity contribution in [2.45, 2.75) is 45.9 Å². The first-order valence-electron chi connectivity index (χ1n) is 9.79. The third-order valence-electron chi connectivity index (χ3n) is 4.77. The first kappa shape index (κ1) is 21.4. The van der Waals surface area contributed by atoms with Crippen LogP contribution in [0.4, 0.5) is 4.79 Å². The van der Waals surface area contributed by atoms with E-state index in [1.807, 2.05) is 58.0 Å². The Balaban J connectivity index is 2.03. The van der Waals surface area contributed by atoms with Crippen LogP contribution in [0.15, 0.2) is 48.8 Å². The summed E-state index contributed by atoms with van der Waals surface area (Å²) in [6, 6.07) is 10.8. The quantitative estimate of drug-likeness (QED) is 0.609. The van der Waals surface area contributed by atoms with Crippen LogP contribution >= 0.6 is 0 Å². The number of hydrogen-bond donors (Lipinski definition) is 1. The minimum absolute atomic E-state index is 0.290. The molecule has 3 aromatic rings. The van der Waals surface area contributed by atoms with E-state index >= 15 is 0 Å². The van der Waals surface area contributed by atoms with Gasteiger partial charge >= 0.3 is 12.1 Å². The monoisotopic (exact) mass is 409 g/mol. The molecule has 30 heavy (non-hydrogen) atoms. The summed E-state index contributed by atoms with van der Waals surface area (Å²) in [5, 5.41) is 1.65. The number of nitrogens with zero attached hydrogens (tertiary/aromatic N) is 2. The second-order valence-corrected chi connectivity index (χ2v) is 8.07. The van der Waals surface area contributed by atoms with Crippen molar-refractivity contribution >= 4 is 22.8 Å². The molecule has 1 amide bonds. The molecule has 7 nitrogen and oxygen atoms in total. The van der Waals surface area contributed by atoms with Crippen LogP contribution in [0.3, 0.4) is 0 Å². The number of ether oxygens (including phenoxy) is 2. The maximum absolute atomic E-state index is 13.0. The maximum atomic E-state index is 13.0. The van der Waals surface area contributed by atoms with Gasteiger partial charge in [0.25, 0.3) is 0 Å². The first-order chi connectivity index (χ1) is 14.2. The van der Waals surface area contributed by atoms with E-state index in [2.05, 4.69) is 9.97 Å². The molecule has 1 aromatic heterocycles. The highest BCUT2D eigenvalue weighted by molar-refractivity contribution is 6.05. The van der Waals surface area contributed by atoms with Gasteiger partial charge in [-0.1, -0.05) is 30.3 Å². The van der Waals surface area contributed by atoms with E-state index in [0.717, 1.165) is 16.3 Å². The Labute approximate surface area is 176 Å². The van der Waals surface area contributed by atoms with Gasteiger partial charge in [-0.2, -0.15) is 0 Å². The van der Waals surface area contributed by atoms with Gasteiger partial charge in [0.05, 0.1) is 25.3 Å². The second kappa shape index (κ2) is 8.57. The number of nitrogens with one attached hydrogen (secondary N) is 1. The van der Waals surface area contributed by atoms with Crippen molar-refractivity contribution in [1.29, 1.82) is 0 Å². The highest BCUT2D eigenvalue weighted by Crippen LogP contribution is 2.28. The number of aromatic nitrogens is 2. The van der Waals surface area contributed by atoms with Crippen LogP contribution in [0.25, 0.3) is 10.8 Å². The lowest BCUT2D eigenvalue weighted by molar-refractivity contribution is 0.0146. The number of amides is 1. The Morgan fingerprint density at radius 3 is 2.43 bits per heavy atom. The van der Waals surface area contributed by atoms with E-state index in [-0.39, 0.29) is 6.04 Å². The second-order valence-electron chi connectivity index (χ2n) is 8.07. The minimum Gasteiger partial charge on any atom is -0.465 e. The lowest BCUT2D eigenvalue weighted by atomic mass is 9.99. The summed E-state index contributed by atoms with van der Waals surface area (Å²) in [5.74, 6) is 0.266. The van der Waals surface area contributed by atoms with Gasteiger partial charge in [0.1, 0.15) is 11.4 Å². The number of hydrogen-bond acceptors (Lipinski definition) is 5. The van der Waals surface area contributed by atoms with Crippen molar-refractivity contribution in [3.05, 3.63) is 65.7 Å². The molecule has 0 saturated heterocycles. The molecule has 7 heteroatoms. The molecule has 3 rings (SSSR count). The number of rotatable bonds is 5. The van der Waals surface area contributed by atoms with Crippen LogP contribution in [-0.4, -0.2) is 39.6 Å². The van der Waals surface area contributed by atoms with Crippen LogP contribution < -0.4 is 0 Å². The summed E-state index contributed by atoms with van der Waals surface area (Å²) in [7, 11) is 1.36. The van der Waals surface area contributed by atoms with Crippen LogP contribution in [0.1, 0.15) is 55.5 Å². The van der Waals surface area contributed by atoms with Crippen LogP contribution in [0.2, 0.25) is 0 Å². The first-order valence-corrected chi connectivity index (χ1v) is 9.79. The van der Waals surface area contributed by atoms with E-state index in [1.54, 1.807) is 23.4 Å². The number of fused-ring (bicyclic) bond motifs is 1. The zero-order valence-electron chi connectivity index (χ0n) is 17.9. The van der Waals surface area contributed by atoms with Gasteiger partial charge in [-0.25, -0.2) is 14.6 Å². The highest BCUT2D eigenvalue weighted by Gasteiger charge is 2.29. The van der Waals surface area contributed by atoms with E-state index in [1.165, 1.54) is 7.11 Å². The number of imidazole rings is 1. The van der Waals surface area contributed by atoms with Gasteiger partial charge in [-0.05, 0) is 50.1 Å². The van der Waals surface area contributed by atoms with E-state index in [4.69, 9.17) is 9.47 Å². The lowest BCUT2D eigenvalue weighted by Crippen LogP contribution is -2.38. The summed E-state index contributed by atoms with van der Waals surface area (Å²) in [4.78, 5) is 34.2. The molecule has 0 aliphatic rings. The molecule has 1 unspecified atom stereocenters. The number of benzene rings is 2. The molecule has 1 N–H and O–H groups in total. The molecule has 0 radical (unpaired) electrons. The standard InChI is InChI=1S/C23H27N3O4/c1-15(20-24-12-13-25-20)26(22(28)30-23(2,3)4)14-16-10-11-19(21(27)29-5)18-9-7-6-8-17(16)18/h6-13,15H,14H2,1-5H3,(H,24,25). The maximum Gasteiger partial charge on any atom is 0.411 e. The lowest BCUT2D eigenvalue weighted by Gasteiger charge is -2.31. The van der Waals surface area contributed by atoms with E-state index in [0.29, 0.717) is 17.9 Å². The SMILES string of the molecule is COC(=O)c1ccc(CN(C(=O)OC(C)(C)C)C(C)c2ncc[nH]2)c2ccccc12. The van der Waals surface area contributed by atoms with Gasteiger partial charge in [0, 0.05) is 12.4 Å². The number of carbonyl (C=O) groups excluding carboxylic acids is 2. The van der Waals surface area contributed by atoms with Crippen LogP contribution in [-0.2, 0) is 16.0 Å². The van der Waals surface area contributed by atoms with Gasteiger partial charge in [-0.3, -0.25) is 4.90 Å². The molecule has 0 saturated carbocycles. The van der Waals surface area contributed by atoms with Crippen molar-refractivity contribution in [3.63, 3.8) is 0 Å². The molecular formula is C23H27N3O4.